The van der Waals surface area contributed by atoms with Crippen LogP contribution in [0.1, 0.15) is 37.7 Å². The molecule has 0 radical (unpaired) electrons. The van der Waals surface area contributed by atoms with Crippen molar-refractivity contribution in [2.24, 2.45) is 5.73 Å². The molecule has 1 aliphatic rings. The van der Waals surface area contributed by atoms with Crippen LogP contribution in [0.15, 0.2) is 28.7 Å². The molecule has 3 N–H and O–H groups in total. The number of carbonyl (C=O) groups excluding carboxylic acids is 1. The van der Waals surface area contributed by atoms with Crippen molar-refractivity contribution in [2.45, 2.75) is 37.6 Å². The van der Waals surface area contributed by atoms with E-state index in [2.05, 4.69) is 33.4 Å². The number of benzene rings is 1. The van der Waals surface area contributed by atoms with Crippen molar-refractivity contribution in [3.8, 4) is 0 Å². The van der Waals surface area contributed by atoms with Crippen LogP contribution in [0.4, 0.5) is 0 Å². The summed E-state index contributed by atoms with van der Waals surface area (Å²) >= 11 is 3.49. The van der Waals surface area contributed by atoms with Crippen LogP contribution in [-0.4, -0.2) is 12.5 Å². The first-order valence-electron chi connectivity index (χ1n) is 6.43. The summed E-state index contributed by atoms with van der Waals surface area (Å²) in [7, 11) is 0. The van der Waals surface area contributed by atoms with E-state index in [9.17, 15) is 4.79 Å². The number of nitrogens with one attached hydrogen (secondary N) is 1. The van der Waals surface area contributed by atoms with Gasteiger partial charge in [-0.3, -0.25) is 4.79 Å². The number of hydrogen-bond donors (Lipinski definition) is 2. The molecule has 0 spiro atoms. The van der Waals surface area contributed by atoms with Gasteiger partial charge in [-0.2, -0.15) is 0 Å². The van der Waals surface area contributed by atoms with E-state index >= 15 is 0 Å². The van der Waals surface area contributed by atoms with Gasteiger partial charge in [0.2, 0.25) is 5.91 Å². The molecule has 0 aromatic heterocycles. The van der Waals surface area contributed by atoms with Crippen LogP contribution >= 0.6 is 28.3 Å². The highest BCUT2D eigenvalue weighted by Crippen LogP contribution is 2.41. The fourth-order valence-corrected chi connectivity index (χ4v) is 2.79. The van der Waals surface area contributed by atoms with Crippen LogP contribution in [0.2, 0.25) is 0 Å². The third-order valence-electron chi connectivity index (χ3n) is 3.57. The molecule has 0 aliphatic heterocycles. The predicted molar refractivity (Wildman–Crippen MR) is 83.4 cm³/mol. The van der Waals surface area contributed by atoms with E-state index in [0.717, 1.165) is 23.7 Å². The van der Waals surface area contributed by atoms with E-state index in [1.54, 1.807) is 0 Å². The Balaban J connectivity index is 0.00000180. The quantitative estimate of drug-likeness (QED) is 0.860. The topological polar surface area (TPSA) is 55.1 Å². The van der Waals surface area contributed by atoms with Crippen LogP contribution in [0.3, 0.4) is 0 Å². The summed E-state index contributed by atoms with van der Waals surface area (Å²) in [4.78, 5) is 11.9. The van der Waals surface area contributed by atoms with E-state index in [-0.39, 0.29) is 23.9 Å². The average molecular weight is 348 g/mol. The van der Waals surface area contributed by atoms with Gasteiger partial charge in [-0.15, -0.1) is 12.4 Å². The second kappa shape index (κ2) is 7.27. The predicted octanol–water partition coefficient (Wildman–Crippen LogP) is 3.11. The van der Waals surface area contributed by atoms with Gasteiger partial charge in [0.15, 0.2) is 0 Å². The molecule has 0 heterocycles. The molecular formula is C14H20BrClN2O. The maximum Gasteiger partial charge on any atom is 0.220 e. The molecule has 0 unspecified atom stereocenters. The van der Waals surface area contributed by atoms with E-state index in [0.29, 0.717) is 13.0 Å². The fourth-order valence-electron chi connectivity index (χ4n) is 2.39. The van der Waals surface area contributed by atoms with E-state index in [4.69, 9.17) is 5.73 Å². The van der Waals surface area contributed by atoms with Crippen LogP contribution in [0.5, 0.6) is 0 Å². The Morgan fingerprint density at radius 1 is 1.42 bits per heavy atom. The van der Waals surface area contributed by atoms with Gasteiger partial charge in [0.25, 0.3) is 0 Å². The standard InChI is InChI=1S/C14H19BrN2O.ClH/c15-12-5-1-4-11(10-12)14(7-3-8-14)17-13(18)6-2-9-16;/h1,4-5,10H,2-3,6-9,16H2,(H,17,18);1H. The number of carbonyl (C=O) groups is 1. The molecule has 1 aromatic carbocycles. The van der Waals surface area contributed by atoms with Gasteiger partial charge in [-0.1, -0.05) is 28.1 Å². The summed E-state index contributed by atoms with van der Waals surface area (Å²) < 4.78 is 1.06. The Hall–Kier alpha value is -0.580. The average Bonchev–Trinajstić information content (AvgIpc) is 2.31. The zero-order valence-corrected chi connectivity index (χ0v) is 13.2. The van der Waals surface area contributed by atoms with Crippen molar-refractivity contribution in [2.75, 3.05) is 6.54 Å². The molecule has 3 nitrogen and oxygen atoms in total. The van der Waals surface area contributed by atoms with Crippen LogP contribution in [-0.2, 0) is 10.3 Å². The van der Waals surface area contributed by atoms with Gasteiger partial charge in [0.1, 0.15) is 0 Å². The number of hydrogen-bond acceptors (Lipinski definition) is 2. The maximum atomic E-state index is 11.9. The summed E-state index contributed by atoms with van der Waals surface area (Å²) in [6.07, 6.45) is 4.49. The molecule has 106 valence electrons. The van der Waals surface area contributed by atoms with Crippen molar-refractivity contribution in [1.82, 2.24) is 5.32 Å². The summed E-state index contributed by atoms with van der Waals surface area (Å²) in [6, 6.07) is 8.22. The lowest BCUT2D eigenvalue weighted by molar-refractivity contribution is -0.124. The van der Waals surface area contributed by atoms with Crippen LogP contribution in [0, 0.1) is 0 Å². The molecule has 1 aliphatic carbocycles. The zero-order valence-electron chi connectivity index (χ0n) is 10.8. The van der Waals surface area contributed by atoms with Gasteiger partial charge in [-0.05, 0) is 49.9 Å². The number of halogens is 2. The Morgan fingerprint density at radius 2 is 2.16 bits per heavy atom. The first-order valence-corrected chi connectivity index (χ1v) is 7.23. The Morgan fingerprint density at radius 3 is 2.68 bits per heavy atom. The molecule has 1 fully saturated rings. The van der Waals surface area contributed by atoms with E-state index in [1.165, 1.54) is 12.0 Å². The molecule has 5 heteroatoms. The highest BCUT2D eigenvalue weighted by Gasteiger charge is 2.39. The van der Waals surface area contributed by atoms with Gasteiger partial charge >= 0.3 is 0 Å². The SMILES string of the molecule is Cl.NCCCC(=O)NC1(c2cccc(Br)c2)CCC1. The summed E-state index contributed by atoms with van der Waals surface area (Å²) in [5.74, 6) is 0.111. The highest BCUT2D eigenvalue weighted by molar-refractivity contribution is 9.10. The lowest BCUT2D eigenvalue weighted by Crippen LogP contribution is -2.50. The first-order chi connectivity index (χ1) is 8.66. The maximum absolute atomic E-state index is 11.9. The molecule has 19 heavy (non-hydrogen) atoms. The summed E-state index contributed by atoms with van der Waals surface area (Å²) in [5.41, 5.74) is 6.49. The minimum absolute atomic E-state index is 0. The summed E-state index contributed by atoms with van der Waals surface area (Å²) in [5, 5.41) is 3.19. The minimum Gasteiger partial charge on any atom is -0.347 e. The van der Waals surface area contributed by atoms with Gasteiger partial charge in [-0.25, -0.2) is 0 Å². The molecule has 1 saturated carbocycles. The molecular weight excluding hydrogens is 328 g/mol. The normalized spacial score (nSPS) is 16.1. The van der Waals surface area contributed by atoms with Gasteiger partial charge in [0.05, 0.1) is 5.54 Å². The van der Waals surface area contributed by atoms with Crippen molar-refractivity contribution in [3.63, 3.8) is 0 Å². The van der Waals surface area contributed by atoms with Crippen molar-refractivity contribution in [1.29, 1.82) is 0 Å². The third kappa shape index (κ3) is 3.94. The van der Waals surface area contributed by atoms with Gasteiger partial charge in [0, 0.05) is 10.9 Å². The smallest absolute Gasteiger partial charge is 0.220 e. The number of amides is 1. The number of rotatable bonds is 5. The molecule has 0 bridgehead atoms. The lowest BCUT2D eigenvalue weighted by atomic mass is 9.71. The molecule has 1 amide bonds. The second-order valence-corrected chi connectivity index (χ2v) is 5.80. The minimum atomic E-state index is -0.143. The largest absolute Gasteiger partial charge is 0.347 e. The van der Waals surface area contributed by atoms with Crippen molar-refractivity contribution < 1.29 is 4.79 Å². The monoisotopic (exact) mass is 346 g/mol. The van der Waals surface area contributed by atoms with Crippen molar-refractivity contribution >= 4 is 34.2 Å². The molecule has 1 aromatic rings. The zero-order chi connectivity index (χ0) is 13.0. The summed E-state index contributed by atoms with van der Waals surface area (Å²) in [6.45, 7) is 0.567. The highest BCUT2D eigenvalue weighted by atomic mass is 79.9. The Bertz CT molecular complexity index is 435. The van der Waals surface area contributed by atoms with E-state index in [1.807, 2.05) is 12.1 Å². The van der Waals surface area contributed by atoms with Gasteiger partial charge < -0.3 is 11.1 Å². The van der Waals surface area contributed by atoms with E-state index < -0.39 is 0 Å². The molecule has 0 saturated heterocycles. The van der Waals surface area contributed by atoms with Crippen LogP contribution in [0.25, 0.3) is 0 Å². The van der Waals surface area contributed by atoms with Crippen LogP contribution < -0.4 is 11.1 Å². The lowest BCUT2D eigenvalue weighted by Gasteiger charge is -2.43. The van der Waals surface area contributed by atoms with Crippen molar-refractivity contribution in [3.05, 3.63) is 34.3 Å². The Kier molecular flexibility index (Phi) is 6.30. The fraction of sp³-hybridized carbons (Fsp3) is 0.500. The number of nitrogens with two attached hydrogens (primary N) is 1. The first kappa shape index (κ1) is 16.5. The second-order valence-electron chi connectivity index (χ2n) is 4.89. The Labute approximate surface area is 128 Å². The molecule has 0 atom stereocenters. The third-order valence-corrected chi connectivity index (χ3v) is 4.06. The molecule has 2 rings (SSSR count).